The molecular weight excluding hydrogens is 515 g/mol. The zero-order valence-electron chi connectivity index (χ0n) is 24.9. The van der Waals surface area contributed by atoms with E-state index in [0.717, 1.165) is 67.7 Å². The van der Waals surface area contributed by atoms with Crippen molar-refractivity contribution in [2.45, 2.75) is 70.7 Å². The predicted octanol–water partition coefficient (Wildman–Crippen LogP) is 6.54. The van der Waals surface area contributed by atoms with Crippen LogP contribution in [0.1, 0.15) is 74.0 Å². The Morgan fingerprint density at radius 3 is 2.65 bits per heavy atom. The Bertz CT molecular complexity index is 1110. The number of aliphatic imine (C=N–C) groups is 1. The van der Waals surface area contributed by atoms with Crippen LogP contribution in [0.15, 0.2) is 66.7 Å². The number of hydrogen-bond acceptors (Lipinski definition) is 5. The topological polar surface area (TPSA) is 66.0 Å². The second-order valence-electron chi connectivity index (χ2n) is 10.3. The highest BCUT2D eigenvalue weighted by Crippen LogP contribution is 2.26. The zero-order chi connectivity index (χ0) is 29.3. The third-order valence-corrected chi connectivity index (χ3v) is 7.36. The van der Waals surface area contributed by atoms with Crippen LogP contribution in [0.3, 0.4) is 0 Å². The quantitative estimate of drug-likeness (QED) is 0.0669. The third kappa shape index (κ3) is 11.8. The van der Waals surface area contributed by atoms with Gasteiger partial charge in [-0.05, 0) is 93.9 Å². The molecule has 0 fully saturated rings. The maximum Gasteiger partial charge on any atom is 0.237 e. The number of aryl methyl sites for hydroxylation is 1. The number of amides is 1. The molecule has 0 spiro atoms. The summed E-state index contributed by atoms with van der Waals surface area (Å²) >= 11 is 0. The maximum atomic E-state index is 12.4. The molecular formula is C33H49N4O2P. The maximum absolute atomic E-state index is 12.4. The lowest BCUT2D eigenvalue weighted by molar-refractivity contribution is -0.125. The Labute approximate surface area is 244 Å². The van der Waals surface area contributed by atoms with Gasteiger partial charge in [0.05, 0.1) is 11.8 Å². The van der Waals surface area contributed by atoms with E-state index in [4.69, 9.17) is 4.74 Å². The number of likely N-dealkylation sites (N-methyl/N-ethyl adjacent to an activating group) is 2. The molecule has 1 amide bonds. The molecule has 2 rings (SSSR count). The molecule has 0 aliphatic rings. The molecule has 0 saturated carbocycles. The van der Waals surface area contributed by atoms with E-state index >= 15 is 0 Å². The highest BCUT2D eigenvalue weighted by atomic mass is 31.0. The smallest absolute Gasteiger partial charge is 0.237 e. The Morgan fingerprint density at radius 2 is 1.95 bits per heavy atom. The molecule has 0 saturated heterocycles. The molecule has 2 aromatic rings. The van der Waals surface area contributed by atoms with Gasteiger partial charge in [0.1, 0.15) is 12.5 Å². The van der Waals surface area contributed by atoms with Crippen molar-refractivity contribution in [3.05, 3.63) is 84.0 Å². The molecule has 0 bridgehead atoms. The summed E-state index contributed by atoms with van der Waals surface area (Å²) in [7, 11) is 6.48. The van der Waals surface area contributed by atoms with Gasteiger partial charge in [0.25, 0.3) is 0 Å². The fraction of sp³-hybridized carbons (Fsp3) is 0.455. The lowest BCUT2D eigenvalue weighted by Crippen LogP contribution is -2.43. The molecule has 40 heavy (non-hydrogen) atoms. The molecule has 2 aromatic carbocycles. The van der Waals surface area contributed by atoms with Crippen molar-refractivity contribution in [3.8, 4) is 5.75 Å². The number of unbranched alkanes of at least 4 members (excludes halogenated alkanes) is 2. The second kappa shape index (κ2) is 18.5. The number of benzene rings is 2. The number of ether oxygens (including phenoxy) is 1. The Balaban J connectivity index is 1.77. The summed E-state index contributed by atoms with van der Waals surface area (Å²) in [6.45, 7) is 13.8. The van der Waals surface area contributed by atoms with E-state index < -0.39 is 0 Å². The average molecular weight is 565 g/mol. The first-order valence-corrected chi connectivity index (χ1v) is 14.9. The van der Waals surface area contributed by atoms with E-state index in [9.17, 15) is 4.79 Å². The zero-order valence-corrected chi connectivity index (χ0v) is 26.1. The number of rotatable bonds is 19. The van der Waals surface area contributed by atoms with Crippen molar-refractivity contribution in [3.63, 3.8) is 0 Å². The van der Waals surface area contributed by atoms with E-state index in [1.165, 1.54) is 11.1 Å². The minimum atomic E-state index is -0.224. The van der Waals surface area contributed by atoms with E-state index in [-0.39, 0.29) is 17.7 Å². The van der Waals surface area contributed by atoms with E-state index in [1.54, 1.807) is 7.05 Å². The fourth-order valence-electron chi connectivity index (χ4n) is 4.63. The molecule has 3 atom stereocenters. The minimum absolute atomic E-state index is 0.0140. The van der Waals surface area contributed by atoms with Crippen molar-refractivity contribution in [1.82, 2.24) is 15.5 Å². The summed E-state index contributed by atoms with van der Waals surface area (Å²) in [6.07, 6.45) is 9.71. The van der Waals surface area contributed by atoms with Crippen molar-refractivity contribution >= 4 is 26.9 Å². The van der Waals surface area contributed by atoms with Gasteiger partial charge in [-0.2, -0.15) is 0 Å². The van der Waals surface area contributed by atoms with Crippen LogP contribution in [0, 0.1) is 0 Å². The SMILES string of the molecule is C=CCCC(C(=O)NC)N(C)Cc1cc(OCNCCCCCc2cccc(C(P)N=C(C)C)c2)ccc1C=C. The number of hydrogen-bond donors (Lipinski definition) is 2. The van der Waals surface area contributed by atoms with Crippen LogP contribution in [-0.2, 0) is 17.8 Å². The first-order valence-electron chi connectivity index (χ1n) is 14.3. The minimum Gasteiger partial charge on any atom is -0.478 e. The van der Waals surface area contributed by atoms with Gasteiger partial charge in [0.15, 0.2) is 0 Å². The van der Waals surface area contributed by atoms with Gasteiger partial charge in [-0.25, -0.2) is 0 Å². The molecule has 0 aromatic heterocycles. The number of nitrogens with zero attached hydrogens (tertiary/aromatic N) is 2. The van der Waals surface area contributed by atoms with E-state index in [1.807, 2.05) is 51.2 Å². The first kappa shape index (κ1) is 33.4. The van der Waals surface area contributed by atoms with Crippen molar-refractivity contribution < 1.29 is 9.53 Å². The summed E-state index contributed by atoms with van der Waals surface area (Å²) in [6, 6.07) is 14.6. The normalized spacial score (nSPS) is 12.4. The summed E-state index contributed by atoms with van der Waals surface area (Å²) in [5.74, 6) is 0.944. The Morgan fingerprint density at radius 1 is 1.15 bits per heavy atom. The van der Waals surface area contributed by atoms with Crippen LogP contribution >= 0.6 is 9.24 Å². The highest BCUT2D eigenvalue weighted by Gasteiger charge is 2.22. The molecule has 0 heterocycles. The Kier molecular flexibility index (Phi) is 15.5. The molecule has 3 unspecified atom stereocenters. The first-order chi connectivity index (χ1) is 19.3. The summed E-state index contributed by atoms with van der Waals surface area (Å²) in [4.78, 5) is 19.1. The highest BCUT2D eigenvalue weighted by molar-refractivity contribution is 7.17. The molecule has 0 radical (unpaired) electrons. The van der Waals surface area contributed by atoms with E-state index in [2.05, 4.69) is 67.2 Å². The van der Waals surface area contributed by atoms with E-state index in [0.29, 0.717) is 13.3 Å². The van der Waals surface area contributed by atoms with Crippen LogP contribution in [0.5, 0.6) is 5.75 Å². The monoisotopic (exact) mass is 564 g/mol. The molecule has 0 aliphatic heterocycles. The molecule has 2 N–H and O–H groups in total. The molecule has 6 nitrogen and oxygen atoms in total. The van der Waals surface area contributed by atoms with Crippen LogP contribution in [0.4, 0.5) is 0 Å². The standard InChI is InChI=1S/C33H49N4O2P/c1-7-9-17-31(32(38)34-5)37(6)23-29-22-30(19-18-27(29)8-2)39-24-35-20-12-10-11-14-26-15-13-16-28(21-26)33(40)36-25(3)4/h7-8,13,15-16,18-19,21-22,31,33,35H,1-2,9-12,14,17,20,23-24,40H2,3-6H3,(H,34,38). The summed E-state index contributed by atoms with van der Waals surface area (Å²) in [5.41, 5.74) is 5.83. The van der Waals surface area contributed by atoms with Crippen LogP contribution in [-0.4, -0.2) is 49.9 Å². The number of carbonyl (C=O) groups is 1. The average Bonchev–Trinajstić information content (AvgIpc) is 2.94. The van der Waals surface area contributed by atoms with Gasteiger partial charge in [-0.1, -0.05) is 55.5 Å². The summed E-state index contributed by atoms with van der Waals surface area (Å²) < 4.78 is 5.99. The molecule has 7 heteroatoms. The van der Waals surface area contributed by atoms with Gasteiger partial charge in [0, 0.05) is 19.3 Å². The lowest BCUT2D eigenvalue weighted by atomic mass is 10.0. The van der Waals surface area contributed by atoms with Crippen molar-refractivity contribution in [2.24, 2.45) is 4.99 Å². The van der Waals surface area contributed by atoms with Crippen molar-refractivity contribution in [2.75, 3.05) is 27.4 Å². The Hall–Kier alpha value is -2.79. The van der Waals surface area contributed by atoms with Gasteiger partial charge in [-0.15, -0.1) is 15.8 Å². The van der Waals surface area contributed by atoms with Crippen LogP contribution in [0.25, 0.3) is 6.08 Å². The molecule has 218 valence electrons. The van der Waals surface area contributed by atoms with Gasteiger partial charge < -0.3 is 10.1 Å². The lowest BCUT2D eigenvalue weighted by Gasteiger charge is -2.27. The van der Waals surface area contributed by atoms with Gasteiger partial charge >= 0.3 is 0 Å². The number of nitrogens with one attached hydrogen (secondary N) is 2. The van der Waals surface area contributed by atoms with Crippen LogP contribution in [0.2, 0.25) is 0 Å². The molecule has 0 aliphatic carbocycles. The number of allylic oxidation sites excluding steroid dienone is 1. The third-order valence-electron chi connectivity index (χ3n) is 6.83. The summed E-state index contributed by atoms with van der Waals surface area (Å²) in [5, 5.41) is 6.18. The second-order valence-corrected chi connectivity index (χ2v) is 11.0. The largest absolute Gasteiger partial charge is 0.478 e. The predicted molar refractivity (Wildman–Crippen MR) is 174 cm³/mol. The fourth-order valence-corrected chi connectivity index (χ4v) is 5.13. The van der Waals surface area contributed by atoms with Gasteiger partial charge in [0.2, 0.25) is 5.91 Å². The van der Waals surface area contributed by atoms with Crippen LogP contribution < -0.4 is 15.4 Å². The van der Waals surface area contributed by atoms with Gasteiger partial charge in [-0.3, -0.25) is 20.0 Å². The number of carbonyl (C=O) groups excluding carboxylic acids is 1. The van der Waals surface area contributed by atoms with Crippen molar-refractivity contribution in [1.29, 1.82) is 0 Å².